The van der Waals surface area contributed by atoms with Crippen molar-refractivity contribution in [2.24, 2.45) is 5.10 Å². The second-order valence-electron chi connectivity index (χ2n) is 7.09. The number of aromatic nitrogens is 2. The van der Waals surface area contributed by atoms with Crippen molar-refractivity contribution in [3.05, 3.63) is 76.6 Å². The third kappa shape index (κ3) is 3.98. The highest BCUT2D eigenvalue weighted by atomic mass is 16.4. The molecule has 8 nitrogen and oxygen atoms in total. The Morgan fingerprint density at radius 1 is 1.07 bits per heavy atom. The molecule has 3 aromatic heterocycles. The molecule has 0 saturated carbocycles. The molecule has 0 saturated heterocycles. The molecular weight excluding hydrogens is 382 g/mol. The number of carbonyl (C=O) groups is 2. The van der Waals surface area contributed by atoms with Crippen LogP contribution in [0.4, 0.5) is 5.82 Å². The maximum atomic E-state index is 12.8. The first-order chi connectivity index (χ1) is 14.5. The van der Waals surface area contributed by atoms with Crippen LogP contribution in [0.25, 0.3) is 0 Å². The van der Waals surface area contributed by atoms with Crippen molar-refractivity contribution < 1.29 is 14.0 Å². The van der Waals surface area contributed by atoms with E-state index in [0.717, 1.165) is 17.5 Å². The molecule has 8 heteroatoms. The molecule has 0 unspecified atom stereocenters. The minimum absolute atomic E-state index is 0.231. The molecule has 0 bridgehead atoms. The number of amides is 2. The third-order valence-electron chi connectivity index (χ3n) is 4.88. The Hall–Kier alpha value is -3.81. The Morgan fingerprint density at radius 3 is 2.70 bits per heavy atom. The summed E-state index contributed by atoms with van der Waals surface area (Å²) in [5, 5.41) is 7.08. The lowest BCUT2D eigenvalue weighted by Crippen LogP contribution is -2.22. The van der Waals surface area contributed by atoms with Crippen molar-refractivity contribution >= 4 is 23.3 Å². The van der Waals surface area contributed by atoms with Gasteiger partial charge in [0.15, 0.2) is 5.76 Å². The zero-order valence-corrected chi connectivity index (χ0v) is 16.7. The van der Waals surface area contributed by atoms with Crippen molar-refractivity contribution in [2.75, 3.05) is 5.32 Å². The number of carbonyl (C=O) groups excluding carboxylic acids is 2. The summed E-state index contributed by atoms with van der Waals surface area (Å²) in [7, 11) is 0. The summed E-state index contributed by atoms with van der Waals surface area (Å²) in [4.78, 5) is 33.2. The minimum Gasteiger partial charge on any atom is -0.455 e. The van der Waals surface area contributed by atoms with E-state index in [1.807, 2.05) is 19.9 Å². The summed E-state index contributed by atoms with van der Waals surface area (Å²) in [5.74, 6) is 0.642. The van der Waals surface area contributed by atoms with Crippen molar-refractivity contribution in [2.45, 2.75) is 33.1 Å². The van der Waals surface area contributed by atoms with E-state index in [9.17, 15) is 9.59 Å². The number of fused-ring (bicyclic) bond motifs is 1. The van der Waals surface area contributed by atoms with Gasteiger partial charge in [-0.3, -0.25) is 14.6 Å². The van der Waals surface area contributed by atoms with Gasteiger partial charge in [0.1, 0.15) is 17.3 Å². The van der Waals surface area contributed by atoms with Gasteiger partial charge in [0.05, 0.1) is 5.71 Å². The van der Waals surface area contributed by atoms with Gasteiger partial charge in [-0.1, -0.05) is 6.07 Å². The molecule has 0 aliphatic heterocycles. The minimum atomic E-state index is -0.389. The summed E-state index contributed by atoms with van der Waals surface area (Å²) >= 11 is 0. The van der Waals surface area contributed by atoms with Crippen LogP contribution in [0.3, 0.4) is 0 Å². The van der Waals surface area contributed by atoms with Gasteiger partial charge in [0.25, 0.3) is 11.8 Å². The molecule has 1 aliphatic rings. The molecule has 0 fully saturated rings. The normalized spacial score (nSPS) is 14.3. The van der Waals surface area contributed by atoms with Gasteiger partial charge in [-0.25, -0.2) is 10.4 Å². The number of rotatable bonds is 4. The van der Waals surface area contributed by atoms with Crippen LogP contribution >= 0.6 is 0 Å². The first kappa shape index (κ1) is 19.5. The second kappa shape index (κ2) is 8.28. The smallest absolute Gasteiger partial charge is 0.292 e. The van der Waals surface area contributed by atoms with E-state index >= 15 is 0 Å². The Bertz CT molecular complexity index is 1130. The van der Waals surface area contributed by atoms with Crippen LogP contribution in [0.5, 0.6) is 0 Å². The monoisotopic (exact) mass is 403 g/mol. The van der Waals surface area contributed by atoms with E-state index in [1.54, 1.807) is 36.7 Å². The van der Waals surface area contributed by atoms with Crippen LogP contribution in [0.1, 0.15) is 56.3 Å². The number of pyridine rings is 2. The lowest BCUT2D eigenvalue weighted by atomic mass is 9.93. The number of hydrogen-bond acceptors (Lipinski definition) is 6. The average molecular weight is 403 g/mol. The number of furan rings is 1. The average Bonchev–Trinajstić information content (AvgIpc) is 3.10. The topological polar surface area (TPSA) is 109 Å². The highest BCUT2D eigenvalue weighted by molar-refractivity contribution is 6.09. The molecule has 30 heavy (non-hydrogen) atoms. The zero-order valence-electron chi connectivity index (χ0n) is 16.7. The molecule has 152 valence electrons. The summed E-state index contributed by atoms with van der Waals surface area (Å²) in [6.45, 7) is 3.75. The zero-order chi connectivity index (χ0) is 21.1. The van der Waals surface area contributed by atoms with Crippen LogP contribution in [-0.2, 0) is 6.42 Å². The van der Waals surface area contributed by atoms with Crippen molar-refractivity contribution in [3.63, 3.8) is 0 Å². The van der Waals surface area contributed by atoms with Gasteiger partial charge in [-0.05, 0) is 56.5 Å². The Labute approximate surface area is 173 Å². The molecule has 0 aromatic carbocycles. The SMILES string of the molecule is Cc1ccnc(NC(=O)c2oc3c(c2C)/C(=N/NC(=O)c2ccccn2)CCC3)c1. The van der Waals surface area contributed by atoms with Gasteiger partial charge >= 0.3 is 0 Å². The number of nitrogens with one attached hydrogen (secondary N) is 2. The number of hydrogen-bond donors (Lipinski definition) is 2. The lowest BCUT2D eigenvalue weighted by molar-refractivity contribution is 0.0948. The quantitative estimate of drug-likeness (QED) is 0.649. The van der Waals surface area contributed by atoms with E-state index in [-0.39, 0.29) is 23.3 Å². The van der Waals surface area contributed by atoms with Crippen LogP contribution in [0.15, 0.2) is 52.2 Å². The molecule has 2 amide bonds. The molecule has 2 N–H and O–H groups in total. The predicted octanol–water partition coefficient (Wildman–Crippen LogP) is 3.41. The predicted molar refractivity (Wildman–Crippen MR) is 112 cm³/mol. The number of aryl methyl sites for hydroxylation is 2. The summed E-state index contributed by atoms with van der Waals surface area (Å²) in [6, 6.07) is 8.74. The molecule has 3 aromatic rings. The van der Waals surface area contributed by atoms with Gasteiger partial charge in [-0.15, -0.1) is 0 Å². The molecule has 3 heterocycles. The van der Waals surface area contributed by atoms with Crippen molar-refractivity contribution in [1.29, 1.82) is 0 Å². The summed E-state index contributed by atoms with van der Waals surface area (Å²) in [5.41, 5.74) is 6.00. The highest BCUT2D eigenvalue weighted by Crippen LogP contribution is 2.30. The van der Waals surface area contributed by atoms with E-state index < -0.39 is 0 Å². The molecule has 0 spiro atoms. The number of hydrazone groups is 1. The van der Waals surface area contributed by atoms with Crippen molar-refractivity contribution in [3.8, 4) is 0 Å². The summed E-state index contributed by atoms with van der Waals surface area (Å²) < 4.78 is 5.88. The molecular formula is C22H21N5O3. The summed E-state index contributed by atoms with van der Waals surface area (Å²) in [6.07, 6.45) is 5.39. The van der Waals surface area contributed by atoms with Crippen LogP contribution < -0.4 is 10.7 Å². The maximum Gasteiger partial charge on any atom is 0.292 e. The molecule has 0 atom stereocenters. The lowest BCUT2D eigenvalue weighted by Gasteiger charge is -2.13. The third-order valence-corrected chi connectivity index (χ3v) is 4.88. The fourth-order valence-electron chi connectivity index (χ4n) is 3.45. The molecule has 4 rings (SSSR count). The standard InChI is InChI=1S/C22H21N5O3/c1-13-9-11-24-18(12-13)25-22(29)20-14(2)19-15(7-5-8-17(19)30-20)26-27-21(28)16-6-3-4-10-23-16/h3-4,6,9-12H,5,7-8H2,1-2H3,(H,27,28)(H,24,25,29)/b26-15+. The Morgan fingerprint density at radius 2 is 1.93 bits per heavy atom. The Kier molecular flexibility index (Phi) is 5.38. The van der Waals surface area contributed by atoms with Gasteiger partial charge in [-0.2, -0.15) is 5.10 Å². The molecule has 1 aliphatic carbocycles. The fraction of sp³-hybridized carbons (Fsp3) is 0.227. The van der Waals surface area contributed by atoms with Gasteiger partial charge < -0.3 is 9.73 Å². The van der Waals surface area contributed by atoms with Gasteiger partial charge in [0.2, 0.25) is 0 Å². The van der Waals surface area contributed by atoms with E-state index in [2.05, 4.69) is 25.8 Å². The van der Waals surface area contributed by atoms with Crippen LogP contribution in [0.2, 0.25) is 0 Å². The largest absolute Gasteiger partial charge is 0.455 e. The fourth-order valence-corrected chi connectivity index (χ4v) is 3.45. The van der Waals surface area contributed by atoms with E-state index in [4.69, 9.17) is 4.42 Å². The maximum absolute atomic E-state index is 12.8. The van der Waals surface area contributed by atoms with E-state index in [1.165, 1.54) is 0 Å². The van der Waals surface area contributed by atoms with Crippen LogP contribution in [0, 0.1) is 13.8 Å². The molecule has 0 radical (unpaired) electrons. The first-order valence-electron chi connectivity index (χ1n) is 9.67. The second-order valence-corrected chi connectivity index (χ2v) is 7.09. The van der Waals surface area contributed by atoms with Gasteiger partial charge in [0, 0.05) is 29.9 Å². The highest BCUT2D eigenvalue weighted by Gasteiger charge is 2.28. The van der Waals surface area contributed by atoms with Crippen molar-refractivity contribution in [1.82, 2.24) is 15.4 Å². The van der Waals surface area contributed by atoms with E-state index in [0.29, 0.717) is 35.7 Å². The Balaban J connectivity index is 1.57. The first-order valence-corrected chi connectivity index (χ1v) is 9.67. The number of nitrogens with zero attached hydrogens (tertiary/aromatic N) is 3. The van der Waals surface area contributed by atoms with Crippen LogP contribution in [-0.4, -0.2) is 27.5 Å². The number of anilines is 1.